The third-order valence-corrected chi connectivity index (χ3v) is 2.36. The first kappa shape index (κ1) is 11.5. The molecule has 1 rings (SSSR count). The maximum absolute atomic E-state index is 5.84. The molecule has 2 nitrogen and oxygen atoms in total. The lowest BCUT2D eigenvalue weighted by Gasteiger charge is -2.18. The van der Waals surface area contributed by atoms with Gasteiger partial charge in [0.1, 0.15) is 5.75 Å². The van der Waals surface area contributed by atoms with E-state index in [1.165, 1.54) is 0 Å². The Labute approximate surface area is 93.6 Å². The summed E-state index contributed by atoms with van der Waals surface area (Å²) in [5.74, 6) is 0.887. The van der Waals surface area contributed by atoms with Crippen LogP contribution in [0.1, 0.15) is 20.3 Å². The zero-order valence-corrected chi connectivity index (χ0v) is 10.2. The lowest BCUT2D eigenvalue weighted by atomic mass is 10.0. The van der Waals surface area contributed by atoms with Crippen LogP contribution in [0.3, 0.4) is 0 Å². The zero-order valence-electron chi connectivity index (χ0n) is 8.59. The maximum atomic E-state index is 5.84. The summed E-state index contributed by atoms with van der Waals surface area (Å²) >= 11 is 3.37. The minimum Gasteiger partial charge on any atom is -0.494 e. The van der Waals surface area contributed by atoms with Gasteiger partial charge in [-0.1, -0.05) is 15.9 Å². The molecule has 0 saturated heterocycles. The van der Waals surface area contributed by atoms with Gasteiger partial charge in [0.15, 0.2) is 0 Å². The summed E-state index contributed by atoms with van der Waals surface area (Å²) in [5.41, 5.74) is 5.68. The highest BCUT2D eigenvalue weighted by atomic mass is 79.9. The van der Waals surface area contributed by atoms with Gasteiger partial charge in [0, 0.05) is 10.0 Å². The molecule has 0 fully saturated rings. The van der Waals surface area contributed by atoms with Crippen molar-refractivity contribution in [2.45, 2.75) is 25.8 Å². The fourth-order valence-electron chi connectivity index (χ4n) is 0.963. The zero-order chi connectivity index (χ0) is 10.6. The Morgan fingerprint density at radius 2 is 1.86 bits per heavy atom. The molecule has 3 heteroatoms. The van der Waals surface area contributed by atoms with E-state index in [0.717, 1.165) is 16.6 Å². The van der Waals surface area contributed by atoms with Crippen molar-refractivity contribution in [1.29, 1.82) is 0 Å². The standard InChI is InChI=1S/C11H16BrNO/c1-11(2,13)7-8-14-10-5-3-9(12)4-6-10/h3-6H,7-8,13H2,1-2H3. The highest BCUT2D eigenvalue weighted by Gasteiger charge is 2.09. The van der Waals surface area contributed by atoms with Crippen LogP contribution in [0, 0.1) is 0 Å². The first-order chi connectivity index (χ1) is 6.47. The normalized spacial score (nSPS) is 11.4. The van der Waals surface area contributed by atoms with Crippen LogP contribution in [0.2, 0.25) is 0 Å². The van der Waals surface area contributed by atoms with Gasteiger partial charge < -0.3 is 10.5 Å². The van der Waals surface area contributed by atoms with Crippen LogP contribution in [0.5, 0.6) is 5.75 Å². The summed E-state index contributed by atoms with van der Waals surface area (Å²) in [7, 11) is 0. The molecule has 0 aliphatic heterocycles. The Kier molecular flexibility index (Phi) is 3.96. The fraction of sp³-hybridized carbons (Fsp3) is 0.455. The number of hydrogen-bond donors (Lipinski definition) is 1. The van der Waals surface area contributed by atoms with Crippen molar-refractivity contribution >= 4 is 15.9 Å². The molecular formula is C11H16BrNO. The minimum absolute atomic E-state index is 0.157. The average Bonchev–Trinajstić information content (AvgIpc) is 2.06. The van der Waals surface area contributed by atoms with Gasteiger partial charge in [0.05, 0.1) is 6.61 Å². The quantitative estimate of drug-likeness (QED) is 0.901. The lowest BCUT2D eigenvalue weighted by molar-refractivity contribution is 0.274. The molecule has 0 heterocycles. The second-order valence-corrected chi connectivity index (χ2v) is 4.96. The van der Waals surface area contributed by atoms with Crippen LogP contribution in [0.4, 0.5) is 0 Å². The maximum Gasteiger partial charge on any atom is 0.119 e. The van der Waals surface area contributed by atoms with Crippen molar-refractivity contribution < 1.29 is 4.74 Å². The summed E-state index contributed by atoms with van der Waals surface area (Å²) in [6.07, 6.45) is 0.850. The van der Waals surface area contributed by atoms with Crippen LogP contribution in [0.15, 0.2) is 28.7 Å². The third-order valence-electron chi connectivity index (χ3n) is 1.83. The molecular weight excluding hydrogens is 242 g/mol. The van der Waals surface area contributed by atoms with Gasteiger partial charge in [-0.3, -0.25) is 0 Å². The molecule has 14 heavy (non-hydrogen) atoms. The molecule has 0 bridgehead atoms. The molecule has 0 radical (unpaired) electrons. The van der Waals surface area contributed by atoms with Crippen molar-refractivity contribution in [1.82, 2.24) is 0 Å². The summed E-state index contributed by atoms with van der Waals surface area (Å²) < 4.78 is 6.60. The second-order valence-electron chi connectivity index (χ2n) is 4.04. The molecule has 0 amide bonds. The minimum atomic E-state index is -0.157. The number of hydrogen-bond acceptors (Lipinski definition) is 2. The Hall–Kier alpha value is -0.540. The Balaban J connectivity index is 2.35. The largest absolute Gasteiger partial charge is 0.494 e. The summed E-state index contributed by atoms with van der Waals surface area (Å²) in [6, 6.07) is 7.80. The first-order valence-corrected chi connectivity index (χ1v) is 5.44. The molecule has 78 valence electrons. The van der Waals surface area contributed by atoms with Crippen molar-refractivity contribution in [3.8, 4) is 5.75 Å². The first-order valence-electron chi connectivity index (χ1n) is 4.65. The van der Waals surface area contributed by atoms with E-state index in [4.69, 9.17) is 10.5 Å². The van der Waals surface area contributed by atoms with E-state index in [2.05, 4.69) is 15.9 Å². The number of ether oxygens (including phenoxy) is 1. The van der Waals surface area contributed by atoms with Crippen LogP contribution < -0.4 is 10.5 Å². The third kappa shape index (κ3) is 4.63. The van der Waals surface area contributed by atoms with Crippen molar-refractivity contribution in [3.63, 3.8) is 0 Å². The van der Waals surface area contributed by atoms with E-state index >= 15 is 0 Å². The number of benzene rings is 1. The molecule has 2 N–H and O–H groups in total. The van der Waals surface area contributed by atoms with E-state index < -0.39 is 0 Å². The molecule has 0 unspecified atom stereocenters. The Morgan fingerprint density at radius 3 is 2.36 bits per heavy atom. The van der Waals surface area contributed by atoms with Crippen molar-refractivity contribution in [2.75, 3.05) is 6.61 Å². The smallest absolute Gasteiger partial charge is 0.119 e. The average molecular weight is 258 g/mol. The summed E-state index contributed by atoms with van der Waals surface area (Å²) in [4.78, 5) is 0. The molecule has 0 spiro atoms. The highest BCUT2D eigenvalue weighted by Crippen LogP contribution is 2.16. The van der Waals surface area contributed by atoms with Crippen LogP contribution in [-0.4, -0.2) is 12.1 Å². The predicted molar refractivity (Wildman–Crippen MR) is 62.5 cm³/mol. The Morgan fingerprint density at radius 1 is 1.29 bits per heavy atom. The van der Waals surface area contributed by atoms with Crippen molar-refractivity contribution in [3.05, 3.63) is 28.7 Å². The SMILES string of the molecule is CC(C)(N)CCOc1ccc(Br)cc1. The summed E-state index contributed by atoms with van der Waals surface area (Å²) in [6.45, 7) is 4.65. The number of nitrogens with two attached hydrogens (primary N) is 1. The van der Waals surface area contributed by atoms with Crippen LogP contribution >= 0.6 is 15.9 Å². The van der Waals surface area contributed by atoms with E-state index in [-0.39, 0.29) is 5.54 Å². The molecule has 1 aromatic rings. The van der Waals surface area contributed by atoms with E-state index in [1.807, 2.05) is 38.1 Å². The number of rotatable bonds is 4. The van der Waals surface area contributed by atoms with Gasteiger partial charge in [-0.2, -0.15) is 0 Å². The van der Waals surface area contributed by atoms with Gasteiger partial charge in [-0.25, -0.2) is 0 Å². The molecule has 1 aromatic carbocycles. The van der Waals surface area contributed by atoms with Crippen LogP contribution in [-0.2, 0) is 0 Å². The highest BCUT2D eigenvalue weighted by molar-refractivity contribution is 9.10. The van der Waals surface area contributed by atoms with Crippen molar-refractivity contribution in [2.24, 2.45) is 5.73 Å². The molecule has 0 atom stereocenters. The fourth-order valence-corrected chi connectivity index (χ4v) is 1.23. The summed E-state index contributed by atoms with van der Waals surface area (Å²) in [5, 5.41) is 0. The van der Waals surface area contributed by atoms with E-state index in [9.17, 15) is 0 Å². The van der Waals surface area contributed by atoms with Gasteiger partial charge in [-0.05, 0) is 44.5 Å². The van der Waals surface area contributed by atoms with Gasteiger partial charge in [-0.15, -0.1) is 0 Å². The van der Waals surface area contributed by atoms with Crippen LogP contribution in [0.25, 0.3) is 0 Å². The molecule has 0 aliphatic rings. The monoisotopic (exact) mass is 257 g/mol. The lowest BCUT2D eigenvalue weighted by Crippen LogP contribution is -2.33. The van der Waals surface area contributed by atoms with E-state index in [0.29, 0.717) is 6.61 Å². The molecule has 0 saturated carbocycles. The Bertz CT molecular complexity index is 276. The second kappa shape index (κ2) is 4.80. The molecule has 0 aliphatic carbocycles. The van der Waals surface area contributed by atoms with E-state index in [1.54, 1.807) is 0 Å². The predicted octanol–water partition coefficient (Wildman–Crippen LogP) is 2.96. The van der Waals surface area contributed by atoms with Gasteiger partial charge in [0.2, 0.25) is 0 Å². The molecule has 0 aromatic heterocycles. The van der Waals surface area contributed by atoms with Gasteiger partial charge >= 0.3 is 0 Å². The number of halogens is 1. The van der Waals surface area contributed by atoms with Gasteiger partial charge in [0.25, 0.3) is 0 Å². The topological polar surface area (TPSA) is 35.2 Å².